The molecule has 19 heavy (non-hydrogen) atoms. The molecule has 2 fully saturated rings. The van der Waals surface area contributed by atoms with Crippen molar-refractivity contribution < 1.29 is 4.79 Å². The zero-order valence-electron chi connectivity index (χ0n) is 11.3. The van der Waals surface area contributed by atoms with Crippen LogP contribution in [-0.2, 0) is 11.3 Å². The van der Waals surface area contributed by atoms with Crippen molar-refractivity contribution in [2.75, 3.05) is 13.1 Å². The van der Waals surface area contributed by atoms with Crippen LogP contribution in [-0.4, -0.2) is 29.9 Å². The van der Waals surface area contributed by atoms with Gasteiger partial charge in [-0.15, -0.1) is 0 Å². The number of carbonyl (C=O) groups is 1. The number of carbonyl (C=O) groups excluding carboxylic acids is 1. The predicted molar refractivity (Wildman–Crippen MR) is 75.6 cm³/mol. The number of rotatable bonds is 4. The lowest BCUT2D eigenvalue weighted by molar-refractivity contribution is -0.133. The highest BCUT2D eigenvalue weighted by molar-refractivity contribution is 5.81. The summed E-state index contributed by atoms with van der Waals surface area (Å²) >= 11 is 0. The Morgan fingerprint density at radius 2 is 1.79 bits per heavy atom. The summed E-state index contributed by atoms with van der Waals surface area (Å²) in [5, 5.41) is 3.60. The summed E-state index contributed by atoms with van der Waals surface area (Å²) in [5.41, 5.74) is 1.33. The number of nitrogens with one attached hydrogen (secondary N) is 1. The van der Waals surface area contributed by atoms with Crippen LogP contribution in [0.5, 0.6) is 0 Å². The molecule has 1 saturated heterocycles. The van der Waals surface area contributed by atoms with E-state index < -0.39 is 0 Å². The van der Waals surface area contributed by atoms with Gasteiger partial charge in [-0.3, -0.25) is 4.79 Å². The molecule has 1 aliphatic carbocycles. The summed E-state index contributed by atoms with van der Waals surface area (Å²) < 4.78 is 0. The number of piperidine rings is 1. The molecule has 0 aromatic heterocycles. The fraction of sp³-hybridized carbons (Fsp3) is 0.562. The lowest BCUT2D eigenvalue weighted by Gasteiger charge is -2.32. The van der Waals surface area contributed by atoms with Gasteiger partial charge in [0, 0.05) is 31.6 Å². The molecule has 3 nitrogen and oxygen atoms in total. The zero-order chi connectivity index (χ0) is 13.1. The summed E-state index contributed by atoms with van der Waals surface area (Å²) in [6, 6.07) is 11.1. The molecule has 1 aromatic carbocycles. The van der Waals surface area contributed by atoms with E-state index in [0.717, 1.165) is 45.3 Å². The van der Waals surface area contributed by atoms with Gasteiger partial charge < -0.3 is 10.2 Å². The van der Waals surface area contributed by atoms with Crippen molar-refractivity contribution in [1.82, 2.24) is 10.2 Å². The topological polar surface area (TPSA) is 32.3 Å². The third-order valence-corrected chi connectivity index (χ3v) is 4.17. The molecule has 1 aromatic rings. The highest BCUT2D eigenvalue weighted by atomic mass is 16.2. The molecule has 0 atom stereocenters. The molecule has 0 bridgehead atoms. The normalized spacial score (nSPS) is 20.5. The molecule has 1 amide bonds. The van der Waals surface area contributed by atoms with E-state index in [-0.39, 0.29) is 0 Å². The number of nitrogens with zero attached hydrogens (tertiary/aromatic N) is 1. The van der Waals surface area contributed by atoms with E-state index in [9.17, 15) is 4.79 Å². The second kappa shape index (κ2) is 5.74. The lowest BCUT2D eigenvalue weighted by Crippen LogP contribution is -2.45. The first-order valence-corrected chi connectivity index (χ1v) is 7.39. The van der Waals surface area contributed by atoms with Crippen molar-refractivity contribution in [2.45, 2.75) is 38.3 Å². The van der Waals surface area contributed by atoms with Gasteiger partial charge in [-0.2, -0.15) is 0 Å². The van der Waals surface area contributed by atoms with Crippen molar-refractivity contribution in [3.05, 3.63) is 35.9 Å². The Kier molecular flexibility index (Phi) is 3.83. The molecular formula is C16H22N2O. The second-order valence-corrected chi connectivity index (χ2v) is 5.74. The Morgan fingerprint density at radius 1 is 1.11 bits per heavy atom. The van der Waals surface area contributed by atoms with Gasteiger partial charge in [-0.1, -0.05) is 30.3 Å². The minimum absolute atomic E-state index is 0.369. The summed E-state index contributed by atoms with van der Waals surface area (Å²) in [4.78, 5) is 14.0. The first kappa shape index (κ1) is 12.7. The van der Waals surface area contributed by atoms with E-state index in [1.165, 1.54) is 5.56 Å². The van der Waals surface area contributed by atoms with Crippen LogP contribution >= 0.6 is 0 Å². The third-order valence-electron chi connectivity index (χ3n) is 4.17. The van der Waals surface area contributed by atoms with Crippen LogP contribution < -0.4 is 5.32 Å². The monoisotopic (exact) mass is 258 g/mol. The standard InChI is InChI=1S/C16H22N2O/c19-16(14-6-7-14)18-10-8-15(9-11-18)17-12-13-4-2-1-3-5-13/h1-5,14-15,17H,6-12H2. The Balaban J connectivity index is 1.41. The third kappa shape index (κ3) is 3.35. The van der Waals surface area contributed by atoms with Crippen LogP contribution in [0, 0.1) is 5.92 Å². The minimum Gasteiger partial charge on any atom is -0.342 e. The first-order chi connectivity index (χ1) is 9.33. The van der Waals surface area contributed by atoms with E-state index in [0.29, 0.717) is 17.9 Å². The Morgan fingerprint density at radius 3 is 2.42 bits per heavy atom. The van der Waals surface area contributed by atoms with Crippen LogP contribution in [0.4, 0.5) is 0 Å². The predicted octanol–water partition coefficient (Wildman–Crippen LogP) is 2.18. The van der Waals surface area contributed by atoms with Gasteiger partial charge in [0.1, 0.15) is 0 Å². The molecule has 1 aliphatic heterocycles. The second-order valence-electron chi connectivity index (χ2n) is 5.74. The van der Waals surface area contributed by atoms with Crippen molar-refractivity contribution in [3.8, 4) is 0 Å². The van der Waals surface area contributed by atoms with Crippen LogP contribution in [0.1, 0.15) is 31.2 Å². The molecule has 3 heteroatoms. The van der Waals surface area contributed by atoms with Gasteiger partial charge in [0.2, 0.25) is 5.91 Å². The van der Waals surface area contributed by atoms with Gasteiger partial charge in [-0.25, -0.2) is 0 Å². The molecule has 0 spiro atoms. The average Bonchev–Trinajstić information content (AvgIpc) is 3.31. The summed E-state index contributed by atoms with van der Waals surface area (Å²) in [6.45, 7) is 2.80. The molecule has 0 radical (unpaired) electrons. The highest BCUT2D eigenvalue weighted by Crippen LogP contribution is 2.31. The number of benzene rings is 1. The fourth-order valence-electron chi connectivity index (χ4n) is 2.75. The molecular weight excluding hydrogens is 236 g/mol. The highest BCUT2D eigenvalue weighted by Gasteiger charge is 2.34. The van der Waals surface area contributed by atoms with Crippen molar-refractivity contribution in [3.63, 3.8) is 0 Å². The summed E-state index contributed by atoms with van der Waals surface area (Å²) in [6.07, 6.45) is 4.41. The lowest BCUT2D eigenvalue weighted by atomic mass is 10.0. The maximum Gasteiger partial charge on any atom is 0.225 e. The fourth-order valence-corrected chi connectivity index (χ4v) is 2.75. The van der Waals surface area contributed by atoms with Gasteiger partial charge in [0.15, 0.2) is 0 Å². The van der Waals surface area contributed by atoms with E-state index in [1.807, 2.05) is 6.07 Å². The number of amides is 1. The van der Waals surface area contributed by atoms with E-state index in [2.05, 4.69) is 34.5 Å². The van der Waals surface area contributed by atoms with Gasteiger partial charge >= 0.3 is 0 Å². The molecule has 0 unspecified atom stereocenters. The van der Waals surface area contributed by atoms with E-state index in [1.54, 1.807) is 0 Å². The quantitative estimate of drug-likeness (QED) is 0.897. The maximum atomic E-state index is 12.0. The average molecular weight is 258 g/mol. The van der Waals surface area contributed by atoms with Gasteiger partial charge in [0.25, 0.3) is 0 Å². The first-order valence-electron chi connectivity index (χ1n) is 7.39. The number of hydrogen-bond acceptors (Lipinski definition) is 2. The number of likely N-dealkylation sites (tertiary alicyclic amines) is 1. The van der Waals surface area contributed by atoms with Crippen molar-refractivity contribution in [2.24, 2.45) is 5.92 Å². The van der Waals surface area contributed by atoms with Crippen LogP contribution in [0.2, 0.25) is 0 Å². The molecule has 1 saturated carbocycles. The van der Waals surface area contributed by atoms with Crippen molar-refractivity contribution >= 4 is 5.91 Å². The Labute approximate surface area is 115 Å². The van der Waals surface area contributed by atoms with Crippen LogP contribution in [0.3, 0.4) is 0 Å². The zero-order valence-corrected chi connectivity index (χ0v) is 11.3. The van der Waals surface area contributed by atoms with E-state index >= 15 is 0 Å². The molecule has 1 heterocycles. The van der Waals surface area contributed by atoms with Gasteiger partial charge in [0.05, 0.1) is 0 Å². The summed E-state index contributed by atoms with van der Waals surface area (Å²) in [5.74, 6) is 0.773. The minimum atomic E-state index is 0.369. The summed E-state index contributed by atoms with van der Waals surface area (Å²) in [7, 11) is 0. The Hall–Kier alpha value is -1.35. The van der Waals surface area contributed by atoms with E-state index in [4.69, 9.17) is 0 Å². The molecule has 2 aliphatic rings. The SMILES string of the molecule is O=C(C1CC1)N1CCC(NCc2ccccc2)CC1. The van der Waals surface area contributed by atoms with Crippen LogP contribution in [0.15, 0.2) is 30.3 Å². The number of hydrogen-bond donors (Lipinski definition) is 1. The largest absolute Gasteiger partial charge is 0.342 e. The Bertz CT molecular complexity index is 420. The maximum absolute atomic E-state index is 12.0. The van der Waals surface area contributed by atoms with Crippen molar-refractivity contribution in [1.29, 1.82) is 0 Å². The molecule has 3 rings (SSSR count). The smallest absolute Gasteiger partial charge is 0.225 e. The van der Waals surface area contributed by atoms with Crippen LogP contribution in [0.25, 0.3) is 0 Å². The molecule has 1 N–H and O–H groups in total. The molecule has 102 valence electrons. The van der Waals surface area contributed by atoms with Gasteiger partial charge in [-0.05, 0) is 31.2 Å².